The van der Waals surface area contributed by atoms with Gasteiger partial charge < -0.3 is 0 Å². The van der Waals surface area contributed by atoms with Crippen molar-refractivity contribution in [1.82, 2.24) is 0 Å². The Morgan fingerprint density at radius 1 is 0.864 bits per heavy atom. The molecule has 0 aliphatic rings. The highest BCUT2D eigenvalue weighted by molar-refractivity contribution is 5.47. The summed E-state index contributed by atoms with van der Waals surface area (Å²) in [6.07, 6.45) is 7.77. The summed E-state index contributed by atoms with van der Waals surface area (Å²) < 4.78 is 0. The zero-order chi connectivity index (χ0) is 16.0. The highest BCUT2D eigenvalue weighted by atomic mass is 14.0. The van der Waals surface area contributed by atoms with Gasteiger partial charge in [0.15, 0.2) is 0 Å². The monoisotopic (exact) mass is 292 g/mol. The minimum Gasteiger partial charge on any atom is -0.0982 e. The number of hydrogen-bond donors (Lipinski definition) is 0. The SMILES string of the molecule is CCCCC#C/C(CC)=C(\C#Cc1ccccc1)CCCC. The minimum absolute atomic E-state index is 0.974. The van der Waals surface area contributed by atoms with Crippen molar-refractivity contribution < 1.29 is 0 Å². The van der Waals surface area contributed by atoms with Crippen molar-refractivity contribution in [1.29, 1.82) is 0 Å². The molecule has 0 unspecified atom stereocenters. The van der Waals surface area contributed by atoms with Crippen LogP contribution in [0.2, 0.25) is 0 Å². The maximum atomic E-state index is 3.39. The number of hydrogen-bond acceptors (Lipinski definition) is 0. The molecule has 0 atom stereocenters. The second-order valence-electron chi connectivity index (χ2n) is 5.44. The molecule has 0 heteroatoms. The quantitative estimate of drug-likeness (QED) is 0.437. The molecule has 1 aromatic rings. The zero-order valence-corrected chi connectivity index (χ0v) is 14.3. The summed E-state index contributed by atoms with van der Waals surface area (Å²) >= 11 is 0. The average molecular weight is 292 g/mol. The number of allylic oxidation sites excluding steroid dienone is 2. The third kappa shape index (κ3) is 7.19. The largest absolute Gasteiger partial charge is 0.0982 e. The Balaban J connectivity index is 2.99. The van der Waals surface area contributed by atoms with Gasteiger partial charge in [-0.2, -0.15) is 0 Å². The molecule has 1 rings (SSSR count). The van der Waals surface area contributed by atoms with Gasteiger partial charge in [-0.1, -0.05) is 75.5 Å². The molecule has 0 aliphatic carbocycles. The Bertz CT molecular complexity index is 567. The van der Waals surface area contributed by atoms with Crippen LogP contribution in [-0.2, 0) is 0 Å². The highest BCUT2D eigenvalue weighted by Gasteiger charge is 2.00. The van der Waals surface area contributed by atoms with Crippen LogP contribution in [0.4, 0.5) is 0 Å². The van der Waals surface area contributed by atoms with Gasteiger partial charge in [0.1, 0.15) is 0 Å². The molecular weight excluding hydrogens is 264 g/mol. The molecule has 0 saturated carbocycles. The van der Waals surface area contributed by atoms with Crippen molar-refractivity contribution in [3.8, 4) is 23.7 Å². The summed E-state index contributed by atoms with van der Waals surface area (Å²) in [7, 11) is 0. The molecule has 0 amide bonds. The number of unbranched alkanes of at least 4 members (excludes halogenated alkanes) is 3. The van der Waals surface area contributed by atoms with Crippen LogP contribution in [0, 0.1) is 23.7 Å². The second-order valence-corrected chi connectivity index (χ2v) is 5.44. The van der Waals surface area contributed by atoms with Gasteiger partial charge in [-0.15, -0.1) is 0 Å². The lowest BCUT2D eigenvalue weighted by Gasteiger charge is -2.03. The Kier molecular flexibility index (Phi) is 9.65. The van der Waals surface area contributed by atoms with Crippen LogP contribution < -0.4 is 0 Å². The van der Waals surface area contributed by atoms with Crippen molar-refractivity contribution in [3.05, 3.63) is 47.0 Å². The predicted octanol–water partition coefficient (Wildman–Crippen LogP) is 6.13. The highest BCUT2D eigenvalue weighted by Crippen LogP contribution is 2.15. The molecule has 0 N–H and O–H groups in total. The number of rotatable bonds is 6. The van der Waals surface area contributed by atoms with Gasteiger partial charge in [0, 0.05) is 23.1 Å². The fourth-order valence-electron chi connectivity index (χ4n) is 2.12. The molecular formula is C22H28. The molecule has 0 spiro atoms. The predicted molar refractivity (Wildman–Crippen MR) is 97.5 cm³/mol. The van der Waals surface area contributed by atoms with E-state index < -0.39 is 0 Å². The Morgan fingerprint density at radius 3 is 2.23 bits per heavy atom. The Morgan fingerprint density at radius 2 is 1.59 bits per heavy atom. The minimum atomic E-state index is 0.974. The second kappa shape index (κ2) is 11.7. The van der Waals surface area contributed by atoms with Gasteiger partial charge in [0.05, 0.1) is 0 Å². The van der Waals surface area contributed by atoms with Gasteiger partial charge >= 0.3 is 0 Å². The third-order valence-electron chi connectivity index (χ3n) is 3.52. The van der Waals surface area contributed by atoms with Crippen molar-refractivity contribution >= 4 is 0 Å². The van der Waals surface area contributed by atoms with Crippen molar-refractivity contribution in [3.63, 3.8) is 0 Å². The Labute approximate surface area is 137 Å². The van der Waals surface area contributed by atoms with Crippen molar-refractivity contribution in [2.24, 2.45) is 0 Å². The van der Waals surface area contributed by atoms with E-state index in [2.05, 4.69) is 56.6 Å². The first-order valence-electron chi connectivity index (χ1n) is 8.59. The van der Waals surface area contributed by atoms with Crippen LogP contribution in [0.15, 0.2) is 41.5 Å². The van der Waals surface area contributed by atoms with E-state index in [9.17, 15) is 0 Å². The van der Waals surface area contributed by atoms with E-state index in [1.807, 2.05) is 18.2 Å². The van der Waals surface area contributed by atoms with Crippen LogP contribution in [0.25, 0.3) is 0 Å². The topological polar surface area (TPSA) is 0 Å². The van der Waals surface area contributed by atoms with Crippen LogP contribution >= 0.6 is 0 Å². The molecule has 0 radical (unpaired) electrons. The lowest BCUT2D eigenvalue weighted by molar-refractivity contribution is 0.794. The molecule has 0 aromatic heterocycles. The van der Waals surface area contributed by atoms with E-state index in [-0.39, 0.29) is 0 Å². The molecule has 22 heavy (non-hydrogen) atoms. The van der Waals surface area contributed by atoms with E-state index in [1.54, 1.807) is 0 Å². The zero-order valence-electron chi connectivity index (χ0n) is 14.3. The first-order valence-corrected chi connectivity index (χ1v) is 8.59. The van der Waals surface area contributed by atoms with E-state index in [4.69, 9.17) is 0 Å². The molecule has 116 valence electrons. The van der Waals surface area contributed by atoms with Gasteiger partial charge in [-0.3, -0.25) is 0 Å². The van der Waals surface area contributed by atoms with E-state index in [0.29, 0.717) is 0 Å². The fraction of sp³-hybridized carbons (Fsp3) is 0.455. The summed E-state index contributed by atoms with van der Waals surface area (Å²) in [5, 5.41) is 0. The Hall–Kier alpha value is -1.92. The maximum Gasteiger partial charge on any atom is 0.0248 e. The lowest BCUT2D eigenvalue weighted by atomic mass is 10.0. The molecule has 0 saturated heterocycles. The van der Waals surface area contributed by atoms with Gasteiger partial charge in [0.2, 0.25) is 0 Å². The molecule has 0 nitrogen and oxygen atoms in total. The standard InChI is InChI=1S/C22H28/c1-4-7-9-13-17-21(6-3)22(16-8-5-2)19-18-20-14-11-10-12-15-20/h10-12,14-15H,4-9,16H2,1-3H3/b22-21-. The van der Waals surface area contributed by atoms with Crippen LogP contribution in [0.3, 0.4) is 0 Å². The molecule has 0 aliphatic heterocycles. The van der Waals surface area contributed by atoms with Gasteiger partial charge in [-0.25, -0.2) is 0 Å². The van der Waals surface area contributed by atoms with Crippen LogP contribution in [0.5, 0.6) is 0 Å². The summed E-state index contributed by atoms with van der Waals surface area (Å²) in [4.78, 5) is 0. The van der Waals surface area contributed by atoms with Crippen molar-refractivity contribution in [2.75, 3.05) is 0 Å². The van der Waals surface area contributed by atoms with Gasteiger partial charge in [0.25, 0.3) is 0 Å². The first-order chi connectivity index (χ1) is 10.8. The summed E-state index contributed by atoms with van der Waals surface area (Å²) in [5.74, 6) is 13.4. The molecule has 0 heterocycles. The van der Waals surface area contributed by atoms with E-state index in [0.717, 1.165) is 24.8 Å². The number of benzene rings is 1. The van der Waals surface area contributed by atoms with Crippen LogP contribution in [-0.4, -0.2) is 0 Å². The van der Waals surface area contributed by atoms with Gasteiger partial charge in [-0.05, 0) is 37.8 Å². The summed E-state index contributed by atoms with van der Waals surface area (Å²) in [6, 6.07) is 10.2. The van der Waals surface area contributed by atoms with Crippen LogP contribution in [0.1, 0.15) is 71.3 Å². The third-order valence-corrected chi connectivity index (χ3v) is 3.52. The molecule has 0 fully saturated rings. The average Bonchev–Trinajstić information content (AvgIpc) is 2.57. The first kappa shape index (κ1) is 18.1. The lowest BCUT2D eigenvalue weighted by Crippen LogP contribution is -1.89. The van der Waals surface area contributed by atoms with Crippen molar-refractivity contribution in [2.45, 2.75) is 65.7 Å². The van der Waals surface area contributed by atoms with E-state index >= 15 is 0 Å². The van der Waals surface area contributed by atoms with E-state index in [1.165, 1.54) is 36.8 Å². The maximum absolute atomic E-state index is 3.39. The fourth-order valence-corrected chi connectivity index (χ4v) is 2.12. The summed E-state index contributed by atoms with van der Waals surface area (Å²) in [6.45, 7) is 6.61. The molecule has 0 bridgehead atoms. The molecule has 1 aromatic carbocycles. The normalized spacial score (nSPS) is 10.9. The summed E-state index contributed by atoms with van der Waals surface area (Å²) in [5.41, 5.74) is 3.54. The smallest absolute Gasteiger partial charge is 0.0248 e.